The minimum absolute atomic E-state index is 0.0518. The van der Waals surface area contributed by atoms with Gasteiger partial charge in [0.2, 0.25) is 0 Å². The lowest BCUT2D eigenvalue weighted by molar-refractivity contribution is -0.139. The zero-order valence-electron chi connectivity index (χ0n) is 12.9. The van der Waals surface area contributed by atoms with Gasteiger partial charge in [-0.05, 0) is 24.3 Å². The van der Waals surface area contributed by atoms with Crippen molar-refractivity contribution < 1.29 is 23.8 Å². The fraction of sp³-hybridized carbons (Fsp3) is 0.0556. The van der Waals surface area contributed by atoms with Crippen molar-refractivity contribution in [2.45, 2.75) is 0 Å². The number of carboxylic acid groups (broad SMARTS) is 1. The number of hydrogen-bond donors (Lipinski definition) is 2. The molecule has 0 unspecified atom stereocenters. The highest BCUT2D eigenvalue weighted by Gasteiger charge is 2.13. The molecule has 0 heterocycles. The number of benzene rings is 2. The van der Waals surface area contributed by atoms with E-state index in [1.807, 2.05) is 0 Å². The number of rotatable bonds is 6. The lowest BCUT2D eigenvalue weighted by Crippen LogP contribution is -2.14. The summed E-state index contributed by atoms with van der Waals surface area (Å²) in [6.07, 6.45) is 1.24. The summed E-state index contributed by atoms with van der Waals surface area (Å²) in [6.45, 7) is -0.561. The molecule has 1 amide bonds. The van der Waals surface area contributed by atoms with Crippen molar-refractivity contribution in [1.82, 2.24) is 0 Å². The number of para-hydroxylation sites is 2. The summed E-state index contributed by atoms with van der Waals surface area (Å²) in [6, 6.07) is 13.6. The smallest absolute Gasteiger partial charge is 0.341 e. The van der Waals surface area contributed by atoms with Crippen LogP contribution in [-0.4, -0.2) is 23.6 Å². The first kappa shape index (κ1) is 17.7. The van der Waals surface area contributed by atoms with Gasteiger partial charge in [-0.3, -0.25) is 4.79 Å². The van der Waals surface area contributed by atoms with Gasteiger partial charge in [-0.25, -0.2) is 9.18 Å². The number of ether oxygens (including phenoxy) is 1. The monoisotopic (exact) mass is 340 g/mol. The Labute approximate surface area is 142 Å². The molecule has 2 aromatic carbocycles. The van der Waals surface area contributed by atoms with Gasteiger partial charge in [0, 0.05) is 5.56 Å². The molecule has 0 fully saturated rings. The van der Waals surface area contributed by atoms with Crippen LogP contribution in [-0.2, 0) is 9.59 Å². The Balaban J connectivity index is 2.25. The average molecular weight is 340 g/mol. The lowest BCUT2D eigenvalue weighted by atomic mass is 10.1. The molecule has 0 aliphatic carbocycles. The van der Waals surface area contributed by atoms with Crippen LogP contribution < -0.4 is 10.1 Å². The molecule has 2 rings (SSSR count). The first-order valence-electron chi connectivity index (χ1n) is 7.12. The summed E-state index contributed by atoms with van der Waals surface area (Å²) in [5.74, 6) is -2.37. The van der Waals surface area contributed by atoms with Crippen molar-refractivity contribution in [2.24, 2.45) is 0 Å². The third kappa shape index (κ3) is 4.91. The predicted molar refractivity (Wildman–Crippen MR) is 88.2 cm³/mol. The molecular formula is C18H13FN2O4. The van der Waals surface area contributed by atoms with Crippen molar-refractivity contribution in [2.75, 3.05) is 11.9 Å². The van der Waals surface area contributed by atoms with E-state index >= 15 is 0 Å². The van der Waals surface area contributed by atoms with Crippen LogP contribution in [0.2, 0.25) is 0 Å². The van der Waals surface area contributed by atoms with E-state index in [1.54, 1.807) is 30.3 Å². The van der Waals surface area contributed by atoms with Gasteiger partial charge in [0.1, 0.15) is 23.2 Å². The number of halogens is 1. The molecular weight excluding hydrogens is 327 g/mol. The van der Waals surface area contributed by atoms with Gasteiger partial charge in [-0.1, -0.05) is 30.3 Å². The van der Waals surface area contributed by atoms with Crippen LogP contribution in [0.5, 0.6) is 5.75 Å². The third-order valence-corrected chi connectivity index (χ3v) is 3.06. The number of nitriles is 1. The van der Waals surface area contributed by atoms with Crippen LogP contribution in [0.25, 0.3) is 6.08 Å². The fourth-order valence-corrected chi connectivity index (χ4v) is 1.93. The van der Waals surface area contributed by atoms with Crippen molar-refractivity contribution in [3.05, 3.63) is 65.5 Å². The van der Waals surface area contributed by atoms with Crippen molar-refractivity contribution in [3.63, 3.8) is 0 Å². The number of nitrogens with one attached hydrogen (secondary N) is 1. The fourth-order valence-electron chi connectivity index (χ4n) is 1.93. The van der Waals surface area contributed by atoms with Crippen LogP contribution in [0.15, 0.2) is 54.1 Å². The molecule has 0 bridgehead atoms. The molecule has 0 aromatic heterocycles. The molecule has 0 aliphatic heterocycles. The maximum atomic E-state index is 13.6. The highest BCUT2D eigenvalue weighted by atomic mass is 19.1. The third-order valence-electron chi connectivity index (χ3n) is 3.06. The average Bonchev–Trinajstić information content (AvgIpc) is 2.60. The maximum absolute atomic E-state index is 13.6. The molecule has 7 heteroatoms. The van der Waals surface area contributed by atoms with E-state index < -0.39 is 24.3 Å². The second-order valence-electron chi connectivity index (χ2n) is 4.82. The zero-order chi connectivity index (χ0) is 18.2. The van der Waals surface area contributed by atoms with E-state index in [9.17, 15) is 19.2 Å². The van der Waals surface area contributed by atoms with Gasteiger partial charge in [0.25, 0.3) is 5.91 Å². The zero-order valence-corrected chi connectivity index (χ0v) is 12.9. The van der Waals surface area contributed by atoms with Gasteiger partial charge >= 0.3 is 5.97 Å². The Morgan fingerprint density at radius 3 is 2.56 bits per heavy atom. The molecule has 0 saturated heterocycles. The summed E-state index contributed by atoms with van der Waals surface area (Å²) in [5, 5.41) is 20.2. The van der Waals surface area contributed by atoms with Gasteiger partial charge in [0.15, 0.2) is 6.61 Å². The van der Waals surface area contributed by atoms with Gasteiger partial charge < -0.3 is 15.2 Å². The number of carboxylic acids is 1. The van der Waals surface area contributed by atoms with E-state index in [0.717, 1.165) is 0 Å². The largest absolute Gasteiger partial charge is 0.481 e. The van der Waals surface area contributed by atoms with Crippen LogP contribution in [0.3, 0.4) is 0 Å². The highest BCUT2D eigenvalue weighted by Crippen LogP contribution is 2.22. The van der Waals surface area contributed by atoms with E-state index in [-0.39, 0.29) is 17.0 Å². The SMILES string of the molecule is N#CC(=Cc1ccccc1OCC(=O)O)C(=O)Nc1ccccc1F. The number of anilines is 1. The second kappa shape index (κ2) is 8.26. The van der Waals surface area contributed by atoms with Gasteiger partial charge in [-0.2, -0.15) is 5.26 Å². The number of carbonyl (C=O) groups excluding carboxylic acids is 1. The lowest BCUT2D eigenvalue weighted by Gasteiger charge is -2.08. The van der Waals surface area contributed by atoms with Gasteiger partial charge in [-0.15, -0.1) is 0 Å². The number of nitrogens with zero attached hydrogens (tertiary/aromatic N) is 1. The normalized spacial score (nSPS) is 10.6. The Kier molecular flexibility index (Phi) is 5.85. The van der Waals surface area contributed by atoms with Crippen LogP contribution in [0.1, 0.15) is 5.56 Å². The molecule has 2 N–H and O–H groups in total. The molecule has 126 valence electrons. The minimum atomic E-state index is -1.16. The highest BCUT2D eigenvalue weighted by molar-refractivity contribution is 6.09. The van der Waals surface area contributed by atoms with Crippen LogP contribution >= 0.6 is 0 Å². The van der Waals surface area contributed by atoms with Crippen LogP contribution in [0.4, 0.5) is 10.1 Å². The molecule has 0 radical (unpaired) electrons. The second-order valence-corrected chi connectivity index (χ2v) is 4.82. The van der Waals surface area contributed by atoms with E-state index in [0.29, 0.717) is 5.56 Å². The number of carbonyl (C=O) groups is 2. The summed E-state index contributed by atoms with van der Waals surface area (Å²) in [7, 11) is 0. The van der Waals surface area contributed by atoms with Crippen molar-refractivity contribution in [3.8, 4) is 11.8 Å². The Morgan fingerprint density at radius 1 is 1.20 bits per heavy atom. The minimum Gasteiger partial charge on any atom is -0.481 e. The first-order valence-corrected chi connectivity index (χ1v) is 7.12. The van der Waals surface area contributed by atoms with Crippen molar-refractivity contribution >= 4 is 23.6 Å². The summed E-state index contributed by atoms with van der Waals surface area (Å²) in [5.41, 5.74) is 0.0164. The van der Waals surface area contributed by atoms with E-state index in [2.05, 4.69) is 5.32 Å². The predicted octanol–water partition coefficient (Wildman–Crippen LogP) is 2.83. The Morgan fingerprint density at radius 2 is 1.88 bits per heavy atom. The molecule has 25 heavy (non-hydrogen) atoms. The topological polar surface area (TPSA) is 99.4 Å². The van der Waals surface area contributed by atoms with E-state index in [4.69, 9.17) is 9.84 Å². The number of aliphatic carboxylic acids is 1. The number of amides is 1. The molecule has 6 nitrogen and oxygen atoms in total. The molecule has 0 saturated carbocycles. The van der Waals surface area contributed by atoms with Crippen molar-refractivity contribution in [1.29, 1.82) is 5.26 Å². The van der Waals surface area contributed by atoms with Crippen LogP contribution in [0, 0.1) is 17.1 Å². The molecule has 0 aliphatic rings. The van der Waals surface area contributed by atoms with E-state index in [1.165, 1.54) is 30.3 Å². The maximum Gasteiger partial charge on any atom is 0.341 e. The Bertz CT molecular complexity index is 871. The van der Waals surface area contributed by atoms with Gasteiger partial charge in [0.05, 0.1) is 5.69 Å². The summed E-state index contributed by atoms with van der Waals surface area (Å²) < 4.78 is 18.7. The first-order chi connectivity index (χ1) is 12.0. The molecule has 0 atom stereocenters. The summed E-state index contributed by atoms with van der Waals surface area (Å²) in [4.78, 5) is 22.8. The quantitative estimate of drug-likeness (QED) is 0.622. The Hall–Kier alpha value is -3.66. The number of hydrogen-bond acceptors (Lipinski definition) is 4. The molecule has 2 aromatic rings. The summed E-state index contributed by atoms with van der Waals surface area (Å²) >= 11 is 0. The molecule has 0 spiro atoms. The standard InChI is InChI=1S/C18H13FN2O4/c19-14-6-2-3-7-15(14)21-18(24)13(10-20)9-12-5-1-4-8-16(12)25-11-17(22)23/h1-9H,11H2,(H,21,24)(H,22,23).